The lowest BCUT2D eigenvalue weighted by molar-refractivity contribution is 0.0413. The van der Waals surface area contributed by atoms with Crippen molar-refractivity contribution < 1.29 is 14.0 Å². The lowest BCUT2D eigenvalue weighted by atomic mass is 10.0. The molecule has 6 rings (SSSR count). The topological polar surface area (TPSA) is 56.8 Å². The molecule has 1 aromatic heterocycles. The normalized spacial score (nSPS) is 16.9. The number of nitrogens with zero attached hydrogens (tertiary/aromatic N) is 4. The van der Waals surface area contributed by atoms with Gasteiger partial charge in [0.15, 0.2) is 0 Å². The molecule has 198 valence electrons. The number of aromatic nitrogens is 1. The van der Waals surface area contributed by atoms with Crippen LogP contribution in [0.2, 0.25) is 0 Å². The zero-order valence-corrected chi connectivity index (χ0v) is 21.8. The van der Waals surface area contributed by atoms with Crippen LogP contribution in [0.15, 0.2) is 84.9 Å². The third kappa shape index (κ3) is 5.27. The fraction of sp³-hybridized carbons (Fsp3) is 0.281. The number of carbonyl (C=O) groups is 2. The van der Waals surface area contributed by atoms with E-state index in [2.05, 4.69) is 4.90 Å². The van der Waals surface area contributed by atoms with E-state index in [4.69, 9.17) is 4.98 Å². The van der Waals surface area contributed by atoms with Crippen molar-refractivity contribution in [2.45, 2.75) is 18.9 Å². The van der Waals surface area contributed by atoms with E-state index in [0.717, 1.165) is 48.1 Å². The molecular formula is C32H31FN4O2. The summed E-state index contributed by atoms with van der Waals surface area (Å²) in [6.45, 7) is 4.26. The highest BCUT2D eigenvalue weighted by Gasteiger charge is 2.31. The van der Waals surface area contributed by atoms with Gasteiger partial charge in [0.25, 0.3) is 11.8 Å². The van der Waals surface area contributed by atoms with Crippen molar-refractivity contribution in [3.63, 3.8) is 0 Å². The summed E-state index contributed by atoms with van der Waals surface area (Å²) in [6.07, 6.45) is 1.76. The first-order chi connectivity index (χ1) is 19.1. The number of hydrogen-bond donors (Lipinski definition) is 0. The predicted octanol–water partition coefficient (Wildman–Crippen LogP) is 5.10. The van der Waals surface area contributed by atoms with Gasteiger partial charge in [0, 0.05) is 61.8 Å². The minimum absolute atomic E-state index is 0.0425. The first kappa shape index (κ1) is 25.2. The molecule has 0 saturated carbocycles. The molecule has 0 spiro atoms. The van der Waals surface area contributed by atoms with Gasteiger partial charge >= 0.3 is 0 Å². The predicted molar refractivity (Wildman–Crippen MR) is 150 cm³/mol. The van der Waals surface area contributed by atoms with E-state index in [1.165, 1.54) is 12.1 Å². The maximum Gasteiger partial charge on any atom is 0.254 e. The summed E-state index contributed by atoms with van der Waals surface area (Å²) in [5.74, 6) is -0.456. The van der Waals surface area contributed by atoms with Crippen molar-refractivity contribution in [3.05, 3.63) is 102 Å². The summed E-state index contributed by atoms with van der Waals surface area (Å²) in [6, 6.07) is 26.0. The quantitative estimate of drug-likeness (QED) is 0.374. The van der Waals surface area contributed by atoms with E-state index >= 15 is 0 Å². The smallest absolute Gasteiger partial charge is 0.254 e. The number of pyridine rings is 1. The maximum atomic E-state index is 13.8. The van der Waals surface area contributed by atoms with Crippen molar-refractivity contribution in [2.75, 3.05) is 39.3 Å². The Labute approximate surface area is 227 Å². The highest BCUT2D eigenvalue weighted by molar-refractivity contribution is 6.07. The molecule has 39 heavy (non-hydrogen) atoms. The van der Waals surface area contributed by atoms with Crippen LogP contribution in [0.25, 0.3) is 22.2 Å². The van der Waals surface area contributed by atoms with E-state index in [9.17, 15) is 14.0 Å². The van der Waals surface area contributed by atoms with E-state index in [1.54, 1.807) is 12.1 Å². The molecule has 7 heteroatoms. The fourth-order valence-electron chi connectivity index (χ4n) is 5.81. The Morgan fingerprint density at radius 3 is 2.15 bits per heavy atom. The Morgan fingerprint density at radius 1 is 0.718 bits per heavy atom. The maximum absolute atomic E-state index is 13.8. The molecule has 0 N–H and O–H groups in total. The molecule has 2 amide bonds. The Balaban J connectivity index is 1.10. The van der Waals surface area contributed by atoms with Crippen LogP contribution in [0, 0.1) is 5.82 Å². The Bertz CT molecular complexity index is 1490. The first-order valence-electron chi connectivity index (χ1n) is 13.6. The highest BCUT2D eigenvalue weighted by atomic mass is 19.1. The molecule has 3 aromatic carbocycles. The number of piperazine rings is 1. The van der Waals surface area contributed by atoms with Gasteiger partial charge in [-0.25, -0.2) is 9.37 Å². The average Bonchev–Trinajstić information content (AvgIpc) is 3.00. The molecule has 3 heterocycles. The number of hydrogen-bond acceptors (Lipinski definition) is 4. The van der Waals surface area contributed by atoms with E-state index < -0.39 is 0 Å². The number of piperidine rings is 1. The minimum Gasteiger partial charge on any atom is -0.339 e. The third-order valence-electron chi connectivity index (χ3n) is 7.96. The van der Waals surface area contributed by atoms with Gasteiger partial charge in [-0.3, -0.25) is 14.5 Å². The summed E-state index contributed by atoms with van der Waals surface area (Å²) < 4.78 is 13.6. The molecule has 0 radical (unpaired) electrons. The highest BCUT2D eigenvalue weighted by Crippen LogP contribution is 2.27. The second-order valence-corrected chi connectivity index (χ2v) is 10.3. The molecule has 2 aliphatic rings. The molecule has 2 aliphatic heterocycles. The molecular weight excluding hydrogens is 491 g/mol. The molecule has 4 aromatic rings. The number of amides is 2. The van der Waals surface area contributed by atoms with Crippen LogP contribution in [0.1, 0.15) is 33.6 Å². The molecule has 0 atom stereocenters. The van der Waals surface area contributed by atoms with E-state index in [-0.39, 0.29) is 17.6 Å². The van der Waals surface area contributed by atoms with Crippen LogP contribution in [0.5, 0.6) is 0 Å². The van der Waals surface area contributed by atoms with Gasteiger partial charge in [0.1, 0.15) is 5.82 Å². The van der Waals surface area contributed by atoms with Crippen LogP contribution in [0.3, 0.4) is 0 Å². The largest absolute Gasteiger partial charge is 0.339 e. The zero-order chi connectivity index (χ0) is 26.8. The minimum atomic E-state index is -0.390. The lowest BCUT2D eigenvalue weighted by Crippen LogP contribution is -2.54. The number of rotatable bonds is 4. The molecule has 2 fully saturated rings. The summed E-state index contributed by atoms with van der Waals surface area (Å²) in [4.78, 5) is 37.6. The van der Waals surface area contributed by atoms with Gasteiger partial charge in [-0.2, -0.15) is 0 Å². The molecule has 0 aliphatic carbocycles. The standard InChI is InChI=1S/C32H31FN4O2/c33-25-10-6-9-24(21-25)31(38)36-15-13-26(14-16-36)35-17-19-37(20-18-35)32(39)28-22-30(23-7-2-1-3-8-23)34-29-12-5-4-11-27(28)29/h1-12,21-22,26H,13-20H2. The fourth-order valence-corrected chi connectivity index (χ4v) is 5.81. The number of para-hydroxylation sites is 1. The SMILES string of the molecule is O=C(c1cccc(F)c1)N1CCC(N2CCN(C(=O)c3cc(-c4ccccc4)nc4ccccc34)CC2)CC1. The number of halogens is 1. The van der Waals surface area contributed by atoms with Crippen LogP contribution in [-0.4, -0.2) is 76.8 Å². The van der Waals surface area contributed by atoms with Gasteiger partial charge in [-0.15, -0.1) is 0 Å². The Morgan fingerprint density at radius 2 is 1.41 bits per heavy atom. The lowest BCUT2D eigenvalue weighted by Gasteiger charge is -2.42. The summed E-state index contributed by atoms with van der Waals surface area (Å²) in [5.41, 5.74) is 3.71. The van der Waals surface area contributed by atoms with Crippen LogP contribution in [-0.2, 0) is 0 Å². The zero-order valence-electron chi connectivity index (χ0n) is 21.8. The van der Waals surface area contributed by atoms with Gasteiger partial charge in [-0.1, -0.05) is 54.6 Å². The van der Waals surface area contributed by atoms with Crippen LogP contribution < -0.4 is 0 Å². The molecule has 0 bridgehead atoms. The van der Waals surface area contributed by atoms with Gasteiger partial charge in [0.05, 0.1) is 16.8 Å². The van der Waals surface area contributed by atoms with Crippen molar-refractivity contribution in [3.8, 4) is 11.3 Å². The Kier molecular flexibility index (Phi) is 7.07. The average molecular weight is 523 g/mol. The van der Waals surface area contributed by atoms with Gasteiger partial charge in [-0.05, 0) is 43.2 Å². The molecule has 0 unspecified atom stereocenters. The summed E-state index contributed by atoms with van der Waals surface area (Å²) in [7, 11) is 0. The first-order valence-corrected chi connectivity index (χ1v) is 13.6. The second-order valence-electron chi connectivity index (χ2n) is 10.3. The number of carbonyl (C=O) groups excluding carboxylic acids is 2. The number of benzene rings is 3. The van der Waals surface area contributed by atoms with Gasteiger partial charge in [0.2, 0.25) is 0 Å². The number of fused-ring (bicyclic) bond motifs is 1. The Hall–Kier alpha value is -4.10. The monoisotopic (exact) mass is 522 g/mol. The van der Waals surface area contributed by atoms with Crippen LogP contribution >= 0.6 is 0 Å². The van der Waals surface area contributed by atoms with Crippen molar-refractivity contribution in [2.24, 2.45) is 0 Å². The van der Waals surface area contributed by atoms with Crippen LogP contribution in [0.4, 0.5) is 4.39 Å². The second kappa shape index (κ2) is 10.9. The molecule has 6 nitrogen and oxygen atoms in total. The van der Waals surface area contributed by atoms with E-state index in [0.29, 0.717) is 43.3 Å². The number of likely N-dealkylation sites (tertiary alicyclic amines) is 1. The van der Waals surface area contributed by atoms with Crippen molar-refractivity contribution >= 4 is 22.7 Å². The van der Waals surface area contributed by atoms with Crippen molar-refractivity contribution in [1.82, 2.24) is 19.7 Å². The third-order valence-corrected chi connectivity index (χ3v) is 7.96. The summed E-state index contributed by atoms with van der Waals surface area (Å²) in [5, 5.41) is 0.875. The van der Waals surface area contributed by atoms with E-state index in [1.807, 2.05) is 70.5 Å². The van der Waals surface area contributed by atoms with Gasteiger partial charge < -0.3 is 9.80 Å². The molecule has 2 saturated heterocycles. The summed E-state index contributed by atoms with van der Waals surface area (Å²) >= 11 is 0. The van der Waals surface area contributed by atoms with Crippen molar-refractivity contribution in [1.29, 1.82) is 0 Å².